The minimum atomic E-state index is -0.184. The molecule has 0 amide bonds. The van der Waals surface area contributed by atoms with Crippen LogP contribution in [0.4, 0.5) is 28.4 Å². The summed E-state index contributed by atoms with van der Waals surface area (Å²) in [6.45, 7) is 4.67. The number of nitrogens with zero attached hydrogens (tertiary/aromatic N) is 2. The molecule has 9 aromatic rings. The Morgan fingerprint density at radius 3 is 2.11 bits per heavy atom. The smallest absolute Gasteiger partial charge is 0.333 e. The van der Waals surface area contributed by atoms with Crippen LogP contribution >= 0.6 is 0 Å². The van der Waals surface area contributed by atoms with Crippen molar-refractivity contribution in [1.82, 2.24) is 0 Å². The largest absolute Gasteiger partial charge is 0.455 e. The van der Waals surface area contributed by atoms with Gasteiger partial charge in [-0.25, -0.2) is 0 Å². The highest BCUT2D eigenvalue weighted by molar-refractivity contribution is 6.94. The Morgan fingerprint density at radius 2 is 1.25 bits per heavy atom. The quantitative estimate of drug-likeness (QED) is 0.170. The molecule has 3 aliphatic heterocycles. The summed E-state index contributed by atoms with van der Waals surface area (Å²) >= 11 is 0. The van der Waals surface area contributed by atoms with Crippen molar-refractivity contribution in [2.45, 2.75) is 19.3 Å². The fraction of sp³-hybridized carbons (Fsp3) is 0.0612. The molecule has 0 unspecified atom stereocenters. The van der Waals surface area contributed by atoms with Crippen molar-refractivity contribution in [3.8, 4) is 22.3 Å². The van der Waals surface area contributed by atoms with Gasteiger partial charge in [0.05, 0.1) is 5.69 Å². The van der Waals surface area contributed by atoms with E-state index >= 15 is 0 Å². The summed E-state index contributed by atoms with van der Waals surface area (Å²) < 4.78 is 6.99. The van der Waals surface area contributed by atoms with Gasteiger partial charge in [0, 0.05) is 50.1 Å². The summed E-state index contributed by atoms with van der Waals surface area (Å²) in [6, 6.07) is 60.3. The monoisotopic (exact) mass is 676 g/mol. The van der Waals surface area contributed by atoms with E-state index in [4.69, 9.17) is 4.42 Å². The zero-order chi connectivity index (χ0) is 35.0. The third-order valence-electron chi connectivity index (χ3n) is 12.2. The van der Waals surface area contributed by atoms with E-state index in [1.165, 1.54) is 77.8 Å². The fourth-order valence-corrected chi connectivity index (χ4v) is 9.84. The number of para-hydroxylation sites is 3. The molecule has 4 heterocycles. The highest BCUT2D eigenvalue weighted by atomic mass is 16.3. The molecule has 1 aromatic heterocycles. The standard InChI is InChI=1S/C49H33BN2O/c1-49(2)37-18-9-10-21-40(37)51-42-29-36-35-17-8-11-22-43(35)53-48(36)45-44-34-16-7-6-15-32(34)25-28-41(44)52(50(46(42)45)39-20-12-19-38(49)47(39)51)33-26-23-31(24-27-33)30-13-4-3-5-14-30/h3-29H,1-2H3. The first-order chi connectivity index (χ1) is 26.1. The lowest BCUT2D eigenvalue weighted by Crippen LogP contribution is -2.62. The van der Waals surface area contributed by atoms with Crippen LogP contribution in [0.15, 0.2) is 168 Å². The van der Waals surface area contributed by atoms with Crippen molar-refractivity contribution >= 4 is 78.9 Å². The Bertz CT molecular complexity index is 3000. The number of fused-ring (bicyclic) bond motifs is 12. The molecule has 0 saturated heterocycles. The average molecular weight is 677 g/mol. The molecule has 3 nitrogen and oxygen atoms in total. The van der Waals surface area contributed by atoms with E-state index in [-0.39, 0.29) is 12.3 Å². The molecule has 0 N–H and O–H groups in total. The second-order valence-electron chi connectivity index (χ2n) is 15.2. The minimum absolute atomic E-state index is 0.0962. The number of benzene rings is 8. The molecule has 0 aliphatic carbocycles. The van der Waals surface area contributed by atoms with E-state index in [9.17, 15) is 0 Å². The van der Waals surface area contributed by atoms with Crippen molar-refractivity contribution in [1.29, 1.82) is 0 Å². The topological polar surface area (TPSA) is 19.6 Å². The van der Waals surface area contributed by atoms with Crippen LogP contribution in [-0.2, 0) is 5.41 Å². The van der Waals surface area contributed by atoms with Gasteiger partial charge < -0.3 is 14.1 Å². The molecule has 3 aliphatic rings. The average Bonchev–Trinajstić information content (AvgIpc) is 3.59. The Hall–Kier alpha value is -6.52. The van der Waals surface area contributed by atoms with Gasteiger partial charge >= 0.3 is 6.85 Å². The van der Waals surface area contributed by atoms with E-state index in [1.54, 1.807) is 0 Å². The Morgan fingerprint density at radius 1 is 0.528 bits per heavy atom. The fourth-order valence-electron chi connectivity index (χ4n) is 9.84. The zero-order valence-corrected chi connectivity index (χ0v) is 29.5. The highest BCUT2D eigenvalue weighted by Gasteiger charge is 2.50. The van der Waals surface area contributed by atoms with E-state index in [2.05, 4.69) is 187 Å². The predicted molar refractivity (Wildman–Crippen MR) is 223 cm³/mol. The van der Waals surface area contributed by atoms with Crippen molar-refractivity contribution in [3.05, 3.63) is 175 Å². The first kappa shape index (κ1) is 29.1. The number of hydrogen-bond acceptors (Lipinski definition) is 3. The first-order valence-corrected chi connectivity index (χ1v) is 18.6. The maximum Gasteiger partial charge on any atom is 0.333 e. The van der Waals surface area contributed by atoms with Gasteiger partial charge in [-0.15, -0.1) is 0 Å². The third kappa shape index (κ3) is 3.75. The predicted octanol–water partition coefficient (Wildman–Crippen LogP) is 11.8. The molecule has 8 aromatic carbocycles. The second-order valence-corrected chi connectivity index (χ2v) is 15.2. The van der Waals surface area contributed by atoms with Gasteiger partial charge in [-0.1, -0.05) is 141 Å². The highest BCUT2D eigenvalue weighted by Crippen LogP contribution is 2.56. The Balaban J connectivity index is 1.26. The van der Waals surface area contributed by atoms with Crippen LogP contribution in [0.3, 0.4) is 0 Å². The lowest BCUT2D eigenvalue weighted by molar-refractivity contribution is 0.632. The van der Waals surface area contributed by atoms with Gasteiger partial charge in [0.2, 0.25) is 0 Å². The Labute approximate surface area is 308 Å². The molecular formula is C49H33BN2O. The maximum absolute atomic E-state index is 6.99. The van der Waals surface area contributed by atoms with Crippen LogP contribution in [0.2, 0.25) is 0 Å². The van der Waals surface area contributed by atoms with E-state index in [0.717, 1.165) is 27.6 Å². The molecule has 248 valence electrons. The summed E-state index contributed by atoms with van der Waals surface area (Å²) in [5.41, 5.74) is 17.9. The van der Waals surface area contributed by atoms with Gasteiger partial charge in [-0.05, 0) is 80.4 Å². The molecule has 0 fully saturated rings. The van der Waals surface area contributed by atoms with Crippen LogP contribution in [0.5, 0.6) is 0 Å². The molecule has 4 heteroatoms. The van der Waals surface area contributed by atoms with Crippen LogP contribution in [0.25, 0.3) is 55.0 Å². The summed E-state index contributed by atoms with van der Waals surface area (Å²) in [5.74, 6) is 0. The molecule has 12 rings (SSSR count). The summed E-state index contributed by atoms with van der Waals surface area (Å²) in [7, 11) is 0. The number of anilines is 5. The molecule has 0 atom stereocenters. The van der Waals surface area contributed by atoms with Crippen LogP contribution < -0.4 is 20.6 Å². The lowest BCUT2D eigenvalue weighted by Gasteiger charge is -2.50. The number of hydrogen-bond donors (Lipinski definition) is 0. The summed E-state index contributed by atoms with van der Waals surface area (Å²) in [6.07, 6.45) is 0. The van der Waals surface area contributed by atoms with E-state index in [1.807, 2.05) is 0 Å². The number of rotatable bonds is 2. The Kier molecular flexibility index (Phi) is 5.66. The van der Waals surface area contributed by atoms with Crippen LogP contribution in [0, 0.1) is 0 Å². The SMILES string of the molecule is CC1(C)c2ccccc2N2c3cc4c(oc5ccccc54)c4c3B(c3cccc1c32)N(c1ccc(-c2ccccc2)cc1)c1ccc2ccccc2c1-4. The maximum atomic E-state index is 6.99. The zero-order valence-electron chi connectivity index (χ0n) is 29.5. The van der Waals surface area contributed by atoms with Crippen molar-refractivity contribution in [2.75, 3.05) is 9.71 Å². The first-order valence-electron chi connectivity index (χ1n) is 18.6. The number of furan rings is 1. The van der Waals surface area contributed by atoms with Crippen molar-refractivity contribution in [2.24, 2.45) is 0 Å². The normalized spacial score (nSPS) is 14.6. The van der Waals surface area contributed by atoms with Gasteiger partial charge in [0.25, 0.3) is 0 Å². The van der Waals surface area contributed by atoms with Crippen molar-refractivity contribution in [3.63, 3.8) is 0 Å². The van der Waals surface area contributed by atoms with E-state index < -0.39 is 0 Å². The van der Waals surface area contributed by atoms with Crippen LogP contribution in [0.1, 0.15) is 25.0 Å². The second kappa shape index (κ2) is 10.3. The minimum Gasteiger partial charge on any atom is -0.455 e. The third-order valence-corrected chi connectivity index (χ3v) is 12.2. The summed E-state index contributed by atoms with van der Waals surface area (Å²) in [5, 5.41) is 4.73. The molecule has 0 radical (unpaired) electrons. The molecule has 0 bridgehead atoms. The summed E-state index contributed by atoms with van der Waals surface area (Å²) in [4.78, 5) is 5.19. The molecular weight excluding hydrogens is 643 g/mol. The molecule has 0 saturated carbocycles. The molecule has 0 spiro atoms. The van der Waals surface area contributed by atoms with Crippen LogP contribution in [-0.4, -0.2) is 6.85 Å². The van der Waals surface area contributed by atoms with Gasteiger partial charge in [-0.2, -0.15) is 0 Å². The van der Waals surface area contributed by atoms with E-state index in [0.29, 0.717) is 0 Å². The van der Waals surface area contributed by atoms with Gasteiger partial charge in [0.1, 0.15) is 11.2 Å². The van der Waals surface area contributed by atoms with Crippen molar-refractivity contribution < 1.29 is 4.42 Å². The van der Waals surface area contributed by atoms with Gasteiger partial charge in [-0.3, -0.25) is 0 Å². The molecule has 53 heavy (non-hydrogen) atoms. The van der Waals surface area contributed by atoms with Gasteiger partial charge in [0.15, 0.2) is 0 Å². The lowest BCUT2D eigenvalue weighted by atomic mass is 9.42.